The zero-order chi connectivity index (χ0) is 9.68. The van der Waals surface area contributed by atoms with Crippen LogP contribution in [-0.4, -0.2) is 9.96 Å². The second-order valence-electron chi connectivity index (χ2n) is 2.86. The zero-order valence-corrected chi connectivity index (χ0v) is 10.0. The summed E-state index contributed by atoms with van der Waals surface area (Å²) in [5.74, 6) is 0.776. The lowest BCUT2D eigenvalue weighted by Gasteiger charge is -2.00. The van der Waals surface area contributed by atoms with Crippen molar-refractivity contribution >= 4 is 26.7 Å². The summed E-state index contributed by atoms with van der Waals surface area (Å²) in [7, 11) is -0.812. The molecule has 3 heteroatoms. The fourth-order valence-corrected chi connectivity index (χ4v) is 2.47. The quantitative estimate of drug-likeness (QED) is 0.812. The van der Waals surface area contributed by atoms with Gasteiger partial charge in [0.25, 0.3) is 0 Å². The van der Waals surface area contributed by atoms with Gasteiger partial charge in [0.2, 0.25) is 0 Å². The van der Waals surface area contributed by atoms with E-state index in [1.165, 1.54) is 0 Å². The topological polar surface area (TPSA) is 17.1 Å². The summed E-state index contributed by atoms with van der Waals surface area (Å²) < 4.78 is 12.6. The van der Waals surface area contributed by atoms with Gasteiger partial charge in [-0.2, -0.15) is 0 Å². The van der Waals surface area contributed by atoms with Gasteiger partial charge in [0.15, 0.2) is 0 Å². The highest BCUT2D eigenvalue weighted by Crippen LogP contribution is 2.14. The molecule has 1 aromatic rings. The van der Waals surface area contributed by atoms with Gasteiger partial charge >= 0.3 is 0 Å². The van der Waals surface area contributed by atoms with Crippen molar-refractivity contribution in [2.45, 2.75) is 24.7 Å². The van der Waals surface area contributed by atoms with Gasteiger partial charge in [0.1, 0.15) is 0 Å². The van der Waals surface area contributed by atoms with E-state index < -0.39 is 10.8 Å². The average molecular weight is 261 g/mol. The molecule has 0 aliphatic heterocycles. The Morgan fingerprint density at radius 3 is 2.46 bits per heavy atom. The van der Waals surface area contributed by atoms with Crippen LogP contribution in [0.2, 0.25) is 0 Å². The maximum Gasteiger partial charge on any atom is 0.0529 e. The van der Waals surface area contributed by atoms with Gasteiger partial charge in [-0.05, 0) is 30.7 Å². The molecule has 0 radical (unpaired) electrons. The molecule has 0 unspecified atom stereocenters. The number of halogens is 1. The van der Waals surface area contributed by atoms with Gasteiger partial charge in [0, 0.05) is 15.1 Å². The van der Waals surface area contributed by atoms with E-state index in [-0.39, 0.29) is 0 Å². The van der Waals surface area contributed by atoms with Crippen molar-refractivity contribution in [2.75, 3.05) is 5.75 Å². The van der Waals surface area contributed by atoms with Crippen LogP contribution in [-0.2, 0) is 10.8 Å². The Hall–Kier alpha value is -0.150. The van der Waals surface area contributed by atoms with Crippen molar-refractivity contribution in [1.29, 1.82) is 0 Å². The molecular formula is C10H13BrOS. The number of hydrogen-bond donors (Lipinski definition) is 0. The second kappa shape index (κ2) is 5.55. The van der Waals surface area contributed by atoms with Crippen LogP contribution in [0.5, 0.6) is 0 Å². The van der Waals surface area contributed by atoms with E-state index in [2.05, 4.69) is 22.9 Å². The Balaban J connectivity index is 2.61. The molecule has 1 atom stereocenters. The third kappa shape index (κ3) is 3.61. The van der Waals surface area contributed by atoms with Crippen LogP contribution >= 0.6 is 15.9 Å². The summed E-state index contributed by atoms with van der Waals surface area (Å²) >= 11 is 3.35. The van der Waals surface area contributed by atoms with Gasteiger partial charge in [0.05, 0.1) is 10.8 Å². The van der Waals surface area contributed by atoms with Gasteiger partial charge in [-0.15, -0.1) is 0 Å². The summed E-state index contributed by atoms with van der Waals surface area (Å²) in [4.78, 5) is 0.927. The van der Waals surface area contributed by atoms with Crippen LogP contribution < -0.4 is 0 Å². The number of benzene rings is 1. The molecule has 0 N–H and O–H groups in total. The zero-order valence-electron chi connectivity index (χ0n) is 7.63. The third-order valence-corrected chi connectivity index (χ3v) is 3.75. The minimum atomic E-state index is -0.812. The molecule has 1 rings (SSSR count). The van der Waals surface area contributed by atoms with E-state index in [4.69, 9.17) is 0 Å². The van der Waals surface area contributed by atoms with Crippen molar-refractivity contribution in [2.24, 2.45) is 0 Å². The average Bonchev–Trinajstić information content (AvgIpc) is 2.15. The molecule has 0 amide bonds. The number of unbranched alkanes of at least 4 members (excludes halogenated alkanes) is 1. The van der Waals surface area contributed by atoms with Crippen LogP contribution in [0.1, 0.15) is 19.8 Å². The van der Waals surface area contributed by atoms with Gasteiger partial charge in [-0.25, -0.2) is 0 Å². The maximum absolute atomic E-state index is 11.6. The molecule has 0 saturated carbocycles. The predicted molar refractivity (Wildman–Crippen MR) is 60.3 cm³/mol. The van der Waals surface area contributed by atoms with Crippen molar-refractivity contribution < 1.29 is 4.21 Å². The first-order chi connectivity index (χ1) is 6.24. The molecule has 1 nitrogen and oxygen atoms in total. The van der Waals surface area contributed by atoms with Gasteiger partial charge in [-0.3, -0.25) is 4.21 Å². The van der Waals surface area contributed by atoms with E-state index in [9.17, 15) is 4.21 Å². The van der Waals surface area contributed by atoms with Crippen molar-refractivity contribution in [3.05, 3.63) is 28.7 Å². The molecular weight excluding hydrogens is 248 g/mol. The normalized spacial score (nSPS) is 12.8. The minimum absolute atomic E-state index is 0.776. The first kappa shape index (κ1) is 10.9. The van der Waals surface area contributed by atoms with Crippen LogP contribution in [0.4, 0.5) is 0 Å². The van der Waals surface area contributed by atoms with Crippen LogP contribution in [0.3, 0.4) is 0 Å². The largest absolute Gasteiger partial charge is 0.254 e. The highest BCUT2D eigenvalue weighted by atomic mass is 79.9. The Labute approximate surface area is 90.1 Å². The molecule has 0 saturated heterocycles. The summed E-state index contributed by atoms with van der Waals surface area (Å²) in [6.07, 6.45) is 2.13. The molecule has 13 heavy (non-hydrogen) atoms. The lowest BCUT2D eigenvalue weighted by molar-refractivity contribution is 0.679. The van der Waals surface area contributed by atoms with Gasteiger partial charge < -0.3 is 0 Å². The Morgan fingerprint density at radius 1 is 1.31 bits per heavy atom. The highest BCUT2D eigenvalue weighted by molar-refractivity contribution is 9.10. The molecule has 0 fully saturated rings. The first-order valence-electron chi connectivity index (χ1n) is 4.38. The molecule has 0 spiro atoms. The van der Waals surface area contributed by atoms with Crippen LogP contribution in [0, 0.1) is 0 Å². The minimum Gasteiger partial charge on any atom is -0.254 e. The maximum atomic E-state index is 11.6. The lowest BCUT2D eigenvalue weighted by atomic mass is 10.4. The smallest absolute Gasteiger partial charge is 0.0529 e. The SMILES string of the molecule is CCCC[S@](=O)c1ccc(Br)cc1. The molecule has 0 aliphatic rings. The standard InChI is InChI=1S/C10H13BrOS/c1-2-3-8-13(12)10-6-4-9(11)5-7-10/h4-7H,2-3,8H2,1H3/t13-/m0/s1. The molecule has 0 aliphatic carbocycles. The summed E-state index contributed by atoms with van der Waals surface area (Å²) in [5, 5.41) is 0. The number of rotatable bonds is 4. The van der Waals surface area contributed by atoms with E-state index in [0.29, 0.717) is 0 Å². The lowest BCUT2D eigenvalue weighted by Crippen LogP contribution is -1.96. The van der Waals surface area contributed by atoms with Crippen LogP contribution in [0.25, 0.3) is 0 Å². The predicted octanol–water partition coefficient (Wildman–Crippen LogP) is 3.36. The highest BCUT2D eigenvalue weighted by Gasteiger charge is 2.01. The second-order valence-corrected chi connectivity index (χ2v) is 5.34. The van der Waals surface area contributed by atoms with E-state index in [1.54, 1.807) is 0 Å². The van der Waals surface area contributed by atoms with E-state index in [0.717, 1.165) is 28.0 Å². The summed E-state index contributed by atoms with van der Waals surface area (Å²) in [5.41, 5.74) is 0. The summed E-state index contributed by atoms with van der Waals surface area (Å²) in [6, 6.07) is 7.68. The van der Waals surface area contributed by atoms with Crippen molar-refractivity contribution in [3.8, 4) is 0 Å². The fourth-order valence-electron chi connectivity index (χ4n) is 0.980. The molecule has 0 aromatic heterocycles. The monoisotopic (exact) mass is 260 g/mol. The molecule has 1 aromatic carbocycles. The van der Waals surface area contributed by atoms with E-state index in [1.807, 2.05) is 24.3 Å². The van der Waals surface area contributed by atoms with Crippen molar-refractivity contribution in [3.63, 3.8) is 0 Å². The molecule has 0 bridgehead atoms. The van der Waals surface area contributed by atoms with Gasteiger partial charge in [-0.1, -0.05) is 29.3 Å². The third-order valence-electron chi connectivity index (χ3n) is 1.76. The Morgan fingerprint density at radius 2 is 1.92 bits per heavy atom. The Bertz CT molecular complexity index is 281. The van der Waals surface area contributed by atoms with Crippen molar-refractivity contribution in [1.82, 2.24) is 0 Å². The van der Waals surface area contributed by atoms with E-state index >= 15 is 0 Å². The summed E-state index contributed by atoms with van der Waals surface area (Å²) in [6.45, 7) is 2.11. The molecule has 0 heterocycles. The first-order valence-corrected chi connectivity index (χ1v) is 6.49. The fraction of sp³-hybridized carbons (Fsp3) is 0.400. The molecule has 72 valence electrons. The van der Waals surface area contributed by atoms with Crippen LogP contribution in [0.15, 0.2) is 33.6 Å². The number of hydrogen-bond acceptors (Lipinski definition) is 1. The Kier molecular flexibility index (Phi) is 4.67.